The van der Waals surface area contributed by atoms with E-state index in [1.165, 1.54) is 6.07 Å². The van der Waals surface area contributed by atoms with Crippen LogP contribution < -0.4 is 0 Å². The predicted molar refractivity (Wildman–Crippen MR) is 78.1 cm³/mol. The average Bonchev–Trinajstić information content (AvgIpc) is 3.00. The summed E-state index contributed by atoms with van der Waals surface area (Å²) in [5.74, 6) is 0.554. The molecule has 1 unspecified atom stereocenters. The topological polar surface area (TPSA) is 63.9 Å². The molecule has 1 fully saturated rings. The van der Waals surface area contributed by atoms with Crippen molar-refractivity contribution >= 4 is 5.91 Å². The molecule has 0 aromatic carbocycles. The first-order valence-electron chi connectivity index (χ1n) is 7.52. The Kier molecular flexibility index (Phi) is 4.25. The second-order valence-electron chi connectivity index (χ2n) is 5.82. The lowest BCUT2D eigenvalue weighted by Crippen LogP contribution is -2.39. The van der Waals surface area contributed by atoms with E-state index in [4.69, 9.17) is 0 Å². The van der Waals surface area contributed by atoms with Crippen LogP contribution in [0.5, 0.6) is 0 Å². The van der Waals surface area contributed by atoms with Crippen molar-refractivity contribution in [2.45, 2.75) is 24.9 Å². The van der Waals surface area contributed by atoms with Crippen molar-refractivity contribution in [2.75, 3.05) is 13.1 Å². The lowest BCUT2D eigenvalue weighted by molar-refractivity contribution is -0.141. The third kappa shape index (κ3) is 3.24. The standard InChI is InChI=1S/C15H16F3N5O/c1-22-9-20-21-13(22)11-3-2-6-23(8-11)14(24)10-4-5-12(19-7-10)15(16,17)18/h4-5,7,9,11H,2-3,6,8H2,1H3. The Hall–Kier alpha value is -2.45. The van der Waals surface area contributed by atoms with Crippen LogP contribution in [0.3, 0.4) is 0 Å². The zero-order chi connectivity index (χ0) is 17.3. The number of alkyl halides is 3. The van der Waals surface area contributed by atoms with E-state index in [9.17, 15) is 18.0 Å². The maximum Gasteiger partial charge on any atom is 0.433 e. The van der Waals surface area contributed by atoms with Gasteiger partial charge in [0.1, 0.15) is 17.8 Å². The molecule has 3 rings (SSSR count). The molecule has 0 spiro atoms. The quantitative estimate of drug-likeness (QED) is 0.842. The summed E-state index contributed by atoms with van der Waals surface area (Å²) in [4.78, 5) is 17.5. The third-order valence-electron chi connectivity index (χ3n) is 4.12. The highest BCUT2D eigenvalue weighted by Crippen LogP contribution is 2.28. The van der Waals surface area contributed by atoms with Gasteiger partial charge in [0.25, 0.3) is 5.91 Å². The first-order chi connectivity index (χ1) is 11.4. The normalized spacial score (nSPS) is 18.7. The maximum absolute atomic E-state index is 12.5. The third-order valence-corrected chi connectivity index (χ3v) is 4.12. The fourth-order valence-corrected chi connectivity index (χ4v) is 2.90. The molecule has 0 aliphatic carbocycles. The molecule has 1 saturated heterocycles. The summed E-state index contributed by atoms with van der Waals surface area (Å²) in [7, 11) is 1.84. The Balaban J connectivity index is 1.74. The zero-order valence-electron chi connectivity index (χ0n) is 13.0. The molecule has 128 valence electrons. The molecule has 9 heteroatoms. The van der Waals surface area contributed by atoms with Crippen molar-refractivity contribution in [3.8, 4) is 0 Å². The van der Waals surface area contributed by atoms with Gasteiger partial charge < -0.3 is 9.47 Å². The van der Waals surface area contributed by atoms with E-state index in [2.05, 4.69) is 15.2 Å². The van der Waals surface area contributed by atoms with Crippen LogP contribution in [0.15, 0.2) is 24.7 Å². The number of carbonyl (C=O) groups excluding carboxylic acids is 1. The molecule has 0 N–H and O–H groups in total. The van der Waals surface area contributed by atoms with Gasteiger partial charge >= 0.3 is 6.18 Å². The van der Waals surface area contributed by atoms with E-state index in [0.29, 0.717) is 13.1 Å². The number of hydrogen-bond donors (Lipinski definition) is 0. The Bertz CT molecular complexity index is 725. The molecule has 1 aliphatic rings. The summed E-state index contributed by atoms with van der Waals surface area (Å²) < 4.78 is 39.5. The number of halogens is 3. The highest BCUT2D eigenvalue weighted by atomic mass is 19.4. The minimum Gasteiger partial charge on any atom is -0.338 e. The Morgan fingerprint density at radius 2 is 2.12 bits per heavy atom. The largest absolute Gasteiger partial charge is 0.433 e. The van der Waals surface area contributed by atoms with Crippen LogP contribution in [0.25, 0.3) is 0 Å². The summed E-state index contributed by atoms with van der Waals surface area (Å²) in [6.45, 7) is 1.03. The van der Waals surface area contributed by atoms with Crippen molar-refractivity contribution in [3.05, 3.63) is 41.7 Å². The molecule has 1 amide bonds. The summed E-state index contributed by atoms with van der Waals surface area (Å²) in [5.41, 5.74) is -0.851. The van der Waals surface area contributed by atoms with Gasteiger partial charge in [0.15, 0.2) is 0 Å². The van der Waals surface area contributed by atoms with E-state index >= 15 is 0 Å². The molecule has 0 bridgehead atoms. The Morgan fingerprint density at radius 3 is 2.71 bits per heavy atom. The molecular weight excluding hydrogens is 323 g/mol. The van der Waals surface area contributed by atoms with Crippen LogP contribution in [-0.4, -0.2) is 43.6 Å². The lowest BCUT2D eigenvalue weighted by atomic mass is 9.96. The van der Waals surface area contributed by atoms with E-state index in [0.717, 1.165) is 30.9 Å². The number of aryl methyl sites for hydroxylation is 1. The van der Waals surface area contributed by atoms with Crippen LogP contribution in [0.1, 0.15) is 40.6 Å². The van der Waals surface area contributed by atoms with Crippen molar-refractivity contribution in [1.29, 1.82) is 0 Å². The molecule has 1 aliphatic heterocycles. The van der Waals surface area contributed by atoms with Crippen LogP contribution in [0.4, 0.5) is 13.2 Å². The Morgan fingerprint density at radius 1 is 1.33 bits per heavy atom. The van der Waals surface area contributed by atoms with E-state index in [1.54, 1.807) is 11.2 Å². The van der Waals surface area contributed by atoms with Gasteiger partial charge in [-0.25, -0.2) is 0 Å². The minimum atomic E-state index is -4.51. The maximum atomic E-state index is 12.5. The number of nitrogens with zero attached hydrogens (tertiary/aromatic N) is 5. The molecule has 0 radical (unpaired) electrons. The van der Waals surface area contributed by atoms with E-state index in [-0.39, 0.29) is 17.4 Å². The second-order valence-corrected chi connectivity index (χ2v) is 5.82. The van der Waals surface area contributed by atoms with E-state index < -0.39 is 11.9 Å². The number of amides is 1. The van der Waals surface area contributed by atoms with Crippen LogP contribution in [0.2, 0.25) is 0 Å². The zero-order valence-corrected chi connectivity index (χ0v) is 13.0. The predicted octanol–water partition coefficient (Wildman–Crippen LogP) is 2.25. The van der Waals surface area contributed by atoms with Crippen LogP contribution in [-0.2, 0) is 13.2 Å². The van der Waals surface area contributed by atoms with Crippen LogP contribution in [0, 0.1) is 0 Å². The fraction of sp³-hybridized carbons (Fsp3) is 0.467. The number of carbonyl (C=O) groups is 1. The number of rotatable bonds is 2. The van der Waals surface area contributed by atoms with Gasteiger partial charge in [-0.2, -0.15) is 13.2 Å². The second kappa shape index (κ2) is 6.21. The number of likely N-dealkylation sites (tertiary alicyclic amines) is 1. The van der Waals surface area contributed by atoms with Crippen molar-refractivity contribution in [1.82, 2.24) is 24.6 Å². The van der Waals surface area contributed by atoms with Gasteiger partial charge in [-0.15, -0.1) is 10.2 Å². The monoisotopic (exact) mass is 339 g/mol. The molecule has 2 aromatic heterocycles. The summed E-state index contributed by atoms with van der Waals surface area (Å²) in [6, 6.07) is 2.00. The van der Waals surface area contributed by atoms with Crippen LogP contribution >= 0.6 is 0 Å². The summed E-state index contributed by atoms with van der Waals surface area (Å²) in [5, 5.41) is 7.93. The molecule has 2 aromatic rings. The van der Waals surface area contributed by atoms with Gasteiger partial charge in [0.2, 0.25) is 0 Å². The first-order valence-corrected chi connectivity index (χ1v) is 7.52. The minimum absolute atomic E-state index is 0.0672. The number of aromatic nitrogens is 4. The molecule has 1 atom stereocenters. The first kappa shape index (κ1) is 16.4. The Labute approximate surface area is 136 Å². The van der Waals surface area contributed by atoms with Gasteiger partial charge in [0, 0.05) is 32.3 Å². The fourth-order valence-electron chi connectivity index (χ4n) is 2.90. The highest BCUT2D eigenvalue weighted by Gasteiger charge is 2.33. The van der Waals surface area contributed by atoms with Gasteiger partial charge in [-0.3, -0.25) is 9.78 Å². The average molecular weight is 339 g/mol. The number of piperidine rings is 1. The molecule has 6 nitrogen and oxygen atoms in total. The molecule has 24 heavy (non-hydrogen) atoms. The lowest BCUT2D eigenvalue weighted by Gasteiger charge is -2.32. The smallest absolute Gasteiger partial charge is 0.338 e. The van der Waals surface area contributed by atoms with E-state index in [1.807, 2.05) is 11.6 Å². The van der Waals surface area contributed by atoms with Gasteiger partial charge in [-0.05, 0) is 25.0 Å². The molecular formula is C15H16F3N5O. The van der Waals surface area contributed by atoms with Crippen molar-refractivity contribution in [2.24, 2.45) is 7.05 Å². The van der Waals surface area contributed by atoms with Crippen molar-refractivity contribution in [3.63, 3.8) is 0 Å². The SMILES string of the molecule is Cn1cnnc1C1CCCN(C(=O)c2ccc(C(F)(F)F)nc2)C1. The summed E-state index contributed by atoms with van der Waals surface area (Å²) >= 11 is 0. The van der Waals surface area contributed by atoms with Gasteiger partial charge in [-0.1, -0.05) is 0 Å². The van der Waals surface area contributed by atoms with Crippen molar-refractivity contribution < 1.29 is 18.0 Å². The number of pyridine rings is 1. The molecule has 0 saturated carbocycles. The van der Waals surface area contributed by atoms with Gasteiger partial charge in [0.05, 0.1) is 5.56 Å². The summed E-state index contributed by atoms with van der Waals surface area (Å²) in [6.07, 6.45) is -0.227. The number of hydrogen-bond acceptors (Lipinski definition) is 4. The molecule has 3 heterocycles. The highest BCUT2D eigenvalue weighted by molar-refractivity contribution is 5.94.